The number of halogens is 2. The van der Waals surface area contributed by atoms with Gasteiger partial charge in [0.2, 0.25) is 0 Å². The first-order valence-electron chi connectivity index (χ1n) is 8.07. The summed E-state index contributed by atoms with van der Waals surface area (Å²) < 4.78 is 28.0. The van der Waals surface area contributed by atoms with Crippen LogP contribution in [-0.4, -0.2) is 24.1 Å². The van der Waals surface area contributed by atoms with Crippen molar-refractivity contribution in [2.45, 2.75) is 51.5 Å². The molecular formula is C16H23F2N3. The van der Waals surface area contributed by atoms with E-state index in [-0.39, 0.29) is 5.82 Å². The fraction of sp³-hybridized carbons (Fsp3) is 0.688. The summed E-state index contributed by atoms with van der Waals surface area (Å²) in [5, 5.41) is 2.88. The van der Waals surface area contributed by atoms with E-state index < -0.39 is 11.6 Å². The minimum atomic E-state index is -0.615. The molecular weight excluding hydrogens is 272 g/mol. The second kappa shape index (κ2) is 6.16. The van der Waals surface area contributed by atoms with Crippen LogP contribution in [0.3, 0.4) is 0 Å². The van der Waals surface area contributed by atoms with Crippen molar-refractivity contribution in [1.29, 1.82) is 0 Å². The highest BCUT2D eigenvalue weighted by Gasteiger charge is 2.35. The van der Waals surface area contributed by atoms with E-state index in [4.69, 9.17) is 0 Å². The van der Waals surface area contributed by atoms with Crippen LogP contribution < -0.4 is 10.2 Å². The molecule has 0 unspecified atom stereocenters. The molecule has 1 aromatic rings. The van der Waals surface area contributed by atoms with E-state index in [1.807, 2.05) is 6.92 Å². The van der Waals surface area contributed by atoms with Gasteiger partial charge in [0.1, 0.15) is 0 Å². The van der Waals surface area contributed by atoms with Gasteiger partial charge in [0.25, 0.3) is 0 Å². The Morgan fingerprint density at radius 3 is 2.76 bits per heavy atom. The zero-order valence-corrected chi connectivity index (χ0v) is 12.5. The molecule has 0 radical (unpaired) electrons. The zero-order chi connectivity index (χ0) is 14.8. The summed E-state index contributed by atoms with van der Waals surface area (Å²) in [5.74, 6) is -0.0344. The fourth-order valence-electron chi connectivity index (χ4n) is 3.84. The van der Waals surface area contributed by atoms with Gasteiger partial charge < -0.3 is 10.2 Å². The number of anilines is 2. The molecule has 2 heterocycles. The topological polar surface area (TPSA) is 28.2 Å². The van der Waals surface area contributed by atoms with Crippen LogP contribution in [-0.2, 0) is 0 Å². The molecule has 1 aromatic heterocycles. The second-order valence-corrected chi connectivity index (χ2v) is 6.10. The SMILES string of the molecule is CCNc1nc(N2CCC[C@H]3CCCC[C@H]32)c(F)cc1F. The van der Waals surface area contributed by atoms with Crippen molar-refractivity contribution < 1.29 is 8.78 Å². The molecule has 0 spiro atoms. The quantitative estimate of drug-likeness (QED) is 0.915. The predicted molar refractivity (Wildman–Crippen MR) is 80.6 cm³/mol. The lowest BCUT2D eigenvalue weighted by Crippen LogP contribution is -2.47. The van der Waals surface area contributed by atoms with Crippen LogP contribution in [0.25, 0.3) is 0 Å². The van der Waals surface area contributed by atoms with Crippen LogP contribution in [0.15, 0.2) is 6.07 Å². The molecule has 1 saturated heterocycles. The van der Waals surface area contributed by atoms with Crippen LogP contribution >= 0.6 is 0 Å². The van der Waals surface area contributed by atoms with E-state index in [0.29, 0.717) is 24.3 Å². The highest BCUT2D eigenvalue weighted by molar-refractivity contribution is 5.50. The summed E-state index contributed by atoms with van der Waals surface area (Å²) in [4.78, 5) is 6.33. The molecule has 2 atom stereocenters. The van der Waals surface area contributed by atoms with Crippen molar-refractivity contribution in [3.8, 4) is 0 Å². The predicted octanol–water partition coefficient (Wildman–Crippen LogP) is 3.95. The Bertz CT molecular complexity index is 505. The van der Waals surface area contributed by atoms with Gasteiger partial charge in [-0.2, -0.15) is 0 Å². The molecule has 1 N–H and O–H groups in total. The summed E-state index contributed by atoms with van der Waals surface area (Å²) in [5.41, 5.74) is 0. The van der Waals surface area contributed by atoms with E-state index in [9.17, 15) is 8.78 Å². The van der Waals surface area contributed by atoms with Crippen molar-refractivity contribution in [2.75, 3.05) is 23.3 Å². The monoisotopic (exact) mass is 295 g/mol. The van der Waals surface area contributed by atoms with Crippen LogP contribution in [0.2, 0.25) is 0 Å². The molecule has 3 nitrogen and oxygen atoms in total. The number of piperidine rings is 1. The second-order valence-electron chi connectivity index (χ2n) is 6.10. The Balaban J connectivity index is 1.92. The highest BCUT2D eigenvalue weighted by atomic mass is 19.1. The third-order valence-electron chi connectivity index (χ3n) is 4.77. The summed E-state index contributed by atoms with van der Waals surface area (Å²) in [6.07, 6.45) is 7.08. The summed E-state index contributed by atoms with van der Waals surface area (Å²) in [6.45, 7) is 3.27. The number of rotatable bonds is 3. The van der Waals surface area contributed by atoms with Crippen LogP contribution in [0, 0.1) is 17.6 Å². The largest absolute Gasteiger partial charge is 0.368 e. The number of nitrogens with one attached hydrogen (secondary N) is 1. The molecule has 5 heteroatoms. The molecule has 116 valence electrons. The Labute approximate surface area is 124 Å². The molecule has 21 heavy (non-hydrogen) atoms. The Kier molecular flexibility index (Phi) is 4.27. The Morgan fingerprint density at radius 1 is 1.19 bits per heavy atom. The molecule has 2 aliphatic rings. The van der Waals surface area contributed by atoms with E-state index in [1.165, 1.54) is 25.7 Å². The summed E-state index contributed by atoms with van der Waals surface area (Å²) in [7, 11) is 0. The highest BCUT2D eigenvalue weighted by Crippen LogP contribution is 2.38. The number of aromatic nitrogens is 1. The lowest BCUT2D eigenvalue weighted by atomic mass is 9.78. The van der Waals surface area contributed by atoms with Gasteiger partial charge in [-0.1, -0.05) is 12.8 Å². The van der Waals surface area contributed by atoms with Gasteiger partial charge in [-0.3, -0.25) is 0 Å². The molecule has 0 aromatic carbocycles. The maximum absolute atomic E-state index is 14.2. The molecule has 1 aliphatic carbocycles. The van der Waals surface area contributed by atoms with Gasteiger partial charge in [-0.05, 0) is 38.5 Å². The summed E-state index contributed by atoms with van der Waals surface area (Å²) >= 11 is 0. The number of pyridine rings is 1. The smallest absolute Gasteiger partial charge is 0.168 e. The zero-order valence-electron chi connectivity index (χ0n) is 12.5. The van der Waals surface area contributed by atoms with Crippen LogP contribution in [0.4, 0.5) is 20.4 Å². The standard InChI is InChI=1S/C16H23F2N3/c1-2-19-15-12(17)10-13(18)16(20-15)21-9-5-7-11-6-3-4-8-14(11)21/h10-11,14H,2-9H2,1H3,(H,19,20)/t11-,14-/m1/s1. The van der Waals surface area contributed by atoms with Crippen molar-refractivity contribution in [3.63, 3.8) is 0 Å². The number of fused-ring (bicyclic) bond motifs is 1. The molecule has 2 fully saturated rings. The van der Waals surface area contributed by atoms with Crippen LogP contribution in [0.1, 0.15) is 45.4 Å². The first-order valence-corrected chi connectivity index (χ1v) is 8.07. The van der Waals surface area contributed by atoms with E-state index in [2.05, 4.69) is 15.2 Å². The minimum Gasteiger partial charge on any atom is -0.368 e. The lowest BCUT2D eigenvalue weighted by molar-refractivity contribution is 0.241. The molecule has 1 aliphatic heterocycles. The number of hydrogen-bond acceptors (Lipinski definition) is 3. The van der Waals surface area contributed by atoms with Crippen molar-refractivity contribution in [1.82, 2.24) is 4.98 Å². The molecule has 3 rings (SSSR count). The molecule has 0 bridgehead atoms. The average molecular weight is 295 g/mol. The first kappa shape index (κ1) is 14.5. The molecule has 0 amide bonds. The van der Waals surface area contributed by atoms with Gasteiger partial charge in [-0.25, -0.2) is 13.8 Å². The Morgan fingerprint density at radius 2 is 1.95 bits per heavy atom. The first-order chi connectivity index (χ1) is 10.2. The third-order valence-corrected chi connectivity index (χ3v) is 4.77. The van der Waals surface area contributed by atoms with Gasteiger partial charge >= 0.3 is 0 Å². The summed E-state index contributed by atoms with van der Waals surface area (Å²) in [6, 6.07) is 1.33. The molecule has 1 saturated carbocycles. The Hall–Kier alpha value is -1.39. The van der Waals surface area contributed by atoms with Crippen molar-refractivity contribution in [3.05, 3.63) is 17.7 Å². The minimum absolute atomic E-state index is 0.159. The lowest BCUT2D eigenvalue weighted by Gasteiger charge is -2.44. The van der Waals surface area contributed by atoms with Gasteiger partial charge in [0.05, 0.1) is 0 Å². The van der Waals surface area contributed by atoms with E-state index in [1.54, 1.807) is 0 Å². The van der Waals surface area contributed by atoms with Gasteiger partial charge in [0.15, 0.2) is 23.3 Å². The van der Waals surface area contributed by atoms with Gasteiger partial charge in [-0.15, -0.1) is 0 Å². The van der Waals surface area contributed by atoms with Crippen LogP contribution in [0.5, 0.6) is 0 Å². The van der Waals surface area contributed by atoms with Crippen molar-refractivity contribution >= 4 is 11.6 Å². The maximum atomic E-state index is 14.2. The third kappa shape index (κ3) is 2.83. The van der Waals surface area contributed by atoms with Crippen molar-refractivity contribution in [2.24, 2.45) is 5.92 Å². The normalized spacial score (nSPS) is 25.6. The van der Waals surface area contributed by atoms with E-state index in [0.717, 1.165) is 25.5 Å². The number of nitrogens with zero attached hydrogens (tertiary/aromatic N) is 2. The average Bonchev–Trinajstić information content (AvgIpc) is 2.50. The van der Waals surface area contributed by atoms with Gasteiger partial charge in [0, 0.05) is 25.2 Å². The maximum Gasteiger partial charge on any atom is 0.168 e. The fourth-order valence-corrected chi connectivity index (χ4v) is 3.84. The number of hydrogen-bond donors (Lipinski definition) is 1. The van der Waals surface area contributed by atoms with E-state index >= 15 is 0 Å².